The van der Waals surface area contributed by atoms with Gasteiger partial charge in [-0.15, -0.1) is 0 Å². The summed E-state index contributed by atoms with van der Waals surface area (Å²) in [6.07, 6.45) is 0. The highest BCUT2D eigenvalue weighted by atomic mass is 79.9. The van der Waals surface area contributed by atoms with Crippen molar-refractivity contribution in [2.24, 2.45) is 0 Å². The molecule has 3 aromatic rings. The van der Waals surface area contributed by atoms with Crippen LogP contribution in [0.25, 0.3) is 0 Å². The molecule has 0 radical (unpaired) electrons. The Bertz CT molecular complexity index is 877. The molecule has 0 spiro atoms. The Morgan fingerprint density at radius 2 is 1.29 bits per heavy atom. The molecule has 28 heavy (non-hydrogen) atoms. The van der Waals surface area contributed by atoms with Crippen LogP contribution < -0.4 is 14.4 Å². The molecule has 0 saturated heterocycles. The molecule has 0 aliphatic rings. The van der Waals surface area contributed by atoms with E-state index in [1.165, 1.54) is 0 Å². The second-order valence-corrected chi connectivity index (χ2v) is 7.46. The lowest BCUT2D eigenvalue weighted by Gasteiger charge is -2.26. The average molecular weight is 444 g/mol. The van der Waals surface area contributed by atoms with Crippen molar-refractivity contribution in [1.29, 1.82) is 0 Å². The van der Waals surface area contributed by atoms with Crippen molar-refractivity contribution in [3.8, 4) is 11.5 Å². The number of benzene rings is 3. The molecular formula is C23H23BrFNO2. The molecule has 0 N–H and O–H groups in total. The molecule has 0 aliphatic heterocycles. The fraction of sp³-hybridized carbons (Fsp3) is 0.217. The average Bonchev–Trinajstić information content (AvgIpc) is 2.71. The molecule has 0 saturated carbocycles. The Balaban J connectivity index is 1.93. The lowest BCUT2D eigenvalue weighted by Crippen LogP contribution is -2.23. The smallest absolute Gasteiger partial charge is 0.146 e. The van der Waals surface area contributed by atoms with Gasteiger partial charge in [0.25, 0.3) is 0 Å². The van der Waals surface area contributed by atoms with Crippen molar-refractivity contribution in [2.75, 3.05) is 19.1 Å². The Morgan fingerprint density at radius 3 is 1.71 bits per heavy atom. The molecule has 0 fully saturated rings. The third-order valence-electron chi connectivity index (χ3n) is 4.63. The predicted octanol–water partition coefficient (Wildman–Crippen LogP) is 6.12. The maximum Gasteiger partial charge on any atom is 0.146 e. The van der Waals surface area contributed by atoms with E-state index in [0.29, 0.717) is 18.8 Å². The number of hydrogen-bond acceptors (Lipinski definition) is 3. The van der Waals surface area contributed by atoms with Gasteiger partial charge in [-0.05, 0) is 60.0 Å². The highest BCUT2D eigenvalue weighted by Gasteiger charge is 2.15. The summed E-state index contributed by atoms with van der Waals surface area (Å²) in [6.45, 7) is 3.03. The Morgan fingerprint density at radius 1 is 0.821 bits per heavy atom. The van der Waals surface area contributed by atoms with Crippen LogP contribution in [-0.4, -0.2) is 14.2 Å². The zero-order valence-corrected chi connectivity index (χ0v) is 17.8. The standard InChI is InChI=1S/C23H23BrFNO2/c1-16-12-22(25)23(13-21(16)24)26(14-17-4-8-19(27-2)9-5-17)15-18-6-10-20(28-3)11-7-18/h4-13H,14-15H2,1-3H3. The minimum Gasteiger partial charge on any atom is -0.497 e. The normalized spacial score (nSPS) is 10.6. The van der Waals surface area contributed by atoms with E-state index < -0.39 is 0 Å². The molecule has 0 unspecified atom stereocenters. The van der Waals surface area contributed by atoms with Gasteiger partial charge in [0.2, 0.25) is 0 Å². The largest absolute Gasteiger partial charge is 0.497 e. The summed E-state index contributed by atoms with van der Waals surface area (Å²) in [4.78, 5) is 2.03. The molecule has 3 nitrogen and oxygen atoms in total. The molecular weight excluding hydrogens is 421 g/mol. The van der Waals surface area contributed by atoms with E-state index in [9.17, 15) is 4.39 Å². The van der Waals surface area contributed by atoms with Crippen LogP contribution in [-0.2, 0) is 13.1 Å². The van der Waals surface area contributed by atoms with Gasteiger partial charge < -0.3 is 14.4 Å². The van der Waals surface area contributed by atoms with Gasteiger partial charge in [0, 0.05) is 17.6 Å². The summed E-state index contributed by atoms with van der Waals surface area (Å²) >= 11 is 3.53. The Kier molecular flexibility index (Phi) is 6.57. The Hall–Kier alpha value is -2.53. The van der Waals surface area contributed by atoms with E-state index in [0.717, 1.165) is 32.7 Å². The highest BCUT2D eigenvalue weighted by Crippen LogP contribution is 2.30. The van der Waals surface area contributed by atoms with Gasteiger partial charge >= 0.3 is 0 Å². The lowest BCUT2D eigenvalue weighted by atomic mass is 10.1. The van der Waals surface area contributed by atoms with Crippen molar-refractivity contribution < 1.29 is 13.9 Å². The first-order valence-electron chi connectivity index (χ1n) is 8.96. The van der Waals surface area contributed by atoms with Gasteiger partial charge in [-0.3, -0.25) is 0 Å². The lowest BCUT2D eigenvalue weighted by molar-refractivity contribution is 0.414. The first-order chi connectivity index (χ1) is 13.5. The number of nitrogens with zero attached hydrogens (tertiary/aromatic N) is 1. The summed E-state index contributed by atoms with van der Waals surface area (Å²) in [5.41, 5.74) is 3.58. The highest BCUT2D eigenvalue weighted by molar-refractivity contribution is 9.10. The van der Waals surface area contributed by atoms with E-state index in [1.54, 1.807) is 20.3 Å². The summed E-state index contributed by atoms with van der Waals surface area (Å²) < 4.78 is 26.2. The van der Waals surface area contributed by atoms with Crippen molar-refractivity contribution in [3.63, 3.8) is 0 Å². The summed E-state index contributed by atoms with van der Waals surface area (Å²) in [7, 11) is 3.29. The quantitative estimate of drug-likeness (QED) is 0.438. The third-order valence-corrected chi connectivity index (χ3v) is 5.49. The van der Waals surface area contributed by atoms with E-state index in [1.807, 2.05) is 66.4 Å². The fourth-order valence-electron chi connectivity index (χ4n) is 3.01. The van der Waals surface area contributed by atoms with Crippen LogP contribution in [0.3, 0.4) is 0 Å². The fourth-order valence-corrected chi connectivity index (χ4v) is 3.34. The summed E-state index contributed by atoms with van der Waals surface area (Å²) in [5.74, 6) is 1.37. The zero-order chi connectivity index (χ0) is 20.1. The van der Waals surface area contributed by atoms with Gasteiger partial charge in [-0.1, -0.05) is 40.2 Å². The van der Waals surface area contributed by atoms with E-state index in [4.69, 9.17) is 9.47 Å². The summed E-state index contributed by atoms with van der Waals surface area (Å²) in [5, 5.41) is 0. The monoisotopic (exact) mass is 443 g/mol. The molecule has 5 heteroatoms. The van der Waals surface area contributed by atoms with Crippen molar-refractivity contribution in [2.45, 2.75) is 20.0 Å². The van der Waals surface area contributed by atoms with Crippen molar-refractivity contribution >= 4 is 21.6 Å². The number of anilines is 1. The van der Waals surface area contributed by atoms with E-state index >= 15 is 0 Å². The van der Waals surface area contributed by atoms with Crippen LogP contribution >= 0.6 is 15.9 Å². The number of methoxy groups -OCH3 is 2. The molecule has 0 atom stereocenters. The van der Waals surface area contributed by atoms with Crippen LogP contribution in [0, 0.1) is 12.7 Å². The molecule has 0 aromatic heterocycles. The van der Waals surface area contributed by atoms with E-state index in [2.05, 4.69) is 15.9 Å². The minimum absolute atomic E-state index is 0.234. The number of ether oxygens (including phenoxy) is 2. The van der Waals surface area contributed by atoms with Gasteiger partial charge in [0.15, 0.2) is 0 Å². The van der Waals surface area contributed by atoms with Crippen LogP contribution in [0.4, 0.5) is 10.1 Å². The molecule has 0 heterocycles. The summed E-state index contributed by atoms with van der Waals surface area (Å²) in [6, 6.07) is 19.1. The van der Waals surface area contributed by atoms with Crippen LogP contribution in [0.15, 0.2) is 65.1 Å². The molecule has 3 rings (SSSR count). The number of aryl methyl sites for hydroxylation is 1. The number of halogens is 2. The topological polar surface area (TPSA) is 21.7 Å². The van der Waals surface area contributed by atoms with Gasteiger partial charge in [-0.2, -0.15) is 0 Å². The van der Waals surface area contributed by atoms with Crippen molar-refractivity contribution in [1.82, 2.24) is 0 Å². The first kappa shape index (κ1) is 20.2. The molecule has 0 aliphatic carbocycles. The van der Waals surface area contributed by atoms with Crippen LogP contribution in [0.1, 0.15) is 16.7 Å². The van der Waals surface area contributed by atoms with Gasteiger partial charge in [-0.25, -0.2) is 4.39 Å². The van der Waals surface area contributed by atoms with Crippen LogP contribution in [0.2, 0.25) is 0 Å². The zero-order valence-electron chi connectivity index (χ0n) is 16.2. The maximum atomic E-state index is 14.8. The Labute approximate surface area is 173 Å². The molecule has 3 aromatic carbocycles. The molecule has 0 bridgehead atoms. The van der Waals surface area contributed by atoms with E-state index in [-0.39, 0.29) is 5.82 Å². The molecule has 146 valence electrons. The maximum absolute atomic E-state index is 14.8. The third kappa shape index (κ3) is 4.84. The number of hydrogen-bond donors (Lipinski definition) is 0. The van der Waals surface area contributed by atoms with Crippen LogP contribution in [0.5, 0.6) is 11.5 Å². The second-order valence-electron chi connectivity index (χ2n) is 6.61. The predicted molar refractivity (Wildman–Crippen MR) is 115 cm³/mol. The second kappa shape index (κ2) is 9.11. The first-order valence-corrected chi connectivity index (χ1v) is 9.76. The molecule has 0 amide bonds. The van der Waals surface area contributed by atoms with Gasteiger partial charge in [0.1, 0.15) is 17.3 Å². The van der Waals surface area contributed by atoms with Crippen molar-refractivity contribution in [3.05, 3.63) is 87.6 Å². The minimum atomic E-state index is -0.234. The number of rotatable bonds is 7. The van der Waals surface area contributed by atoms with Gasteiger partial charge in [0.05, 0.1) is 19.9 Å². The SMILES string of the molecule is COc1ccc(CN(Cc2ccc(OC)cc2)c2cc(Br)c(C)cc2F)cc1.